The number of aliphatic hydroxyl groups is 1. The molecule has 7 heteroatoms. The molecule has 184 valence electrons. The Hall–Kier alpha value is -1.70. The molecule has 0 aromatic carbocycles. The highest BCUT2D eigenvalue weighted by atomic mass is 32.1. The molecule has 1 amide bonds. The molecule has 3 N–H and O–H groups in total. The van der Waals surface area contributed by atoms with Gasteiger partial charge in [-0.1, -0.05) is 13.8 Å². The predicted octanol–water partition coefficient (Wildman–Crippen LogP) is 4.23. The topological polar surface area (TPSA) is 88.7 Å². The van der Waals surface area contributed by atoms with Crippen molar-refractivity contribution >= 4 is 27.5 Å². The van der Waals surface area contributed by atoms with E-state index < -0.39 is 12.0 Å². The zero-order valence-corrected chi connectivity index (χ0v) is 21.2. The number of aryl methyl sites for hydroxylation is 1. The number of aromatic nitrogens is 1. The largest absolute Gasteiger partial charge is 0.490 e. The molecule has 1 unspecified atom stereocenters. The van der Waals surface area contributed by atoms with E-state index in [0.29, 0.717) is 17.9 Å². The summed E-state index contributed by atoms with van der Waals surface area (Å²) in [6.45, 7) is 7.49. The van der Waals surface area contributed by atoms with Crippen LogP contribution in [0.3, 0.4) is 0 Å². The maximum atomic E-state index is 11.5. The van der Waals surface area contributed by atoms with E-state index in [0.717, 1.165) is 53.5 Å². The number of nitrogens with zero attached hydrogens (tertiary/aromatic N) is 2. The van der Waals surface area contributed by atoms with Crippen LogP contribution in [0.4, 0.5) is 0 Å². The van der Waals surface area contributed by atoms with Crippen molar-refractivity contribution in [3.63, 3.8) is 0 Å². The third-order valence-electron chi connectivity index (χ3n) is 9.67. The first-order valence-corrected chi connectivity index (χ1v) is 13.9. The van der Waals surface area contributed by atoms with Crippen molar-refractivity contribution in [1.82, 2.24) is 9.88 Å². The first-order chi connectivity index (χ1) is 16.3. The Balaban J connectivity index is 1.14. The standard InChI is InChI=1S/C27H37N3O3S/c1-27(2)16-12-17(27)14-30(13-16)18-4-6-19(7-5-18)33-21-9-10-29-26-24(21)23-15(3-8-22(23)34-26)11-20(31)25(28)32/h9-10,15-20,31H,3-8,11-14H2,1-2H3,(H2,28,32)/t15-,16-,17?,18?,19?,20+/m1/s1. The monoisotopic (exact) mass is 483 g/mol. The van der Waals surface area contributed by atoms with Crippen LogP contribution >= 0.6 is 11.3 Å². The van der Waals surface area contributed by atoms with Crippen molar-refractivity contribution in [2.45, 2.75) is 89.4 Å². The number of ether oxygens (including phenoxy) is 1. The summed E-state index contributed by atoms with van der Waals surface area (Å²) >= 11 is 1.73. The van der Waals surface area contributed by atoms with E-state index in [9.17, 15) is 9.90 Å². The van der Waals surface area contributed by atoms with Gasteiger partial charge in [0.05, 0.1) is 11.5 Å². The minimum Gasteiger partial charge on any atom is -0.490 e. The molecule has 0 spiro atoms. The van der Waals surface area contributed by atoms with Crippen LogP contribution in [0.1, 0.15) is 75.2 Å². The Morgan fingerprint density at radius 2 is 2.00 bits per heavy atom. The maximum absolute atomic E-state index is 11.5. The number of pyridine rings is 1. The van der Waals surface area contributed by atoms with E-state index in [-0.39, 0.29) is 12.0 Å². The molecule has 2 saturated heterocycles. The fraction of sp³-hybridized carbons (Fsp3) is 0.704. The number of fused-ring (bicyclic) bond motifs is 5. The molecule has 5 aliphatic rings. The van der Waals surface area contributed by atoms with Gasteiger partial charge < -0.3 is 15.6 Å². The fourth-order valence-corrected chi connectivity index (χ4v) is 8.50. The summed E-state index contributed by atoms with van der Waals surface area (Å²) in [6.07, 6.45) is 9.33. The average molecular weight is 484 g/mol. The highest BCUT2D eigenvalue weighted by molar-refractivity contribution is 7.19. The van der Waals surface area contributed by atoms with E-state index in [1.54, 1.807) is 11.3 Å². The number of piperidine rings is 2. The van der Waals surface area contributed by atoms with Crippen LogP contribution in [0, 0.1) is 17.3 Å². The molecular weight excluding hydrogens is 446 g/mol. The van der Waals surface area contributed by atoms with Crippen molar-refractivity contribution in [1.29, 1.82) is 0 Å². The molecular formula is C27H37N3O3S. The van der Waals surface area contributed by atoms with E-state index in [2.05, 4.69) is 23.7 Å². The summed E-state index contributed by atoms with van der Waals surface area (Å²) in [5.41, 5.74) is 7.12. The minimum atomic E-state index is -1.10. The highest BCUT2D eigenvalue weighted by Gasteiger charge is 2.53. The lowest BCUT2D eigenvalue weighted by atomic mass is 9.52. The summed E-state index contributed by atoms with van der Waals surface area (Å²) in [7, 11) is 0. The predicted molar refractivity (Wildman–Crippen MR) is 134 cm³/mol. The summed E-state index contributed by atoms with van der Waals surface area (Å²) in [5, 5.41) is 11.2. The van der Waals surface area contributed by atoms with Gasteiger partial charge in [0.1, 0.15) is 16.7 Å². The Bertz CT molecular complexity index is 1080. The van der Waals surface area contributed by atoms with E-state index in [1.807, 2.05) is 12.3 Å². The number of carbonyl (C=O) groups is 1. The summed E-state index contributed by atoms with van der Waals surface area (Å²) in [4.78, 5) is 21.2. The molecule has 7 rings (SSSR count). The molecule has 4 atom stereocenters. The van der Waals surface area contributed by atoms with Crippen LogP contribution < -0.4 is 10.5 Å². The third-order valence-corrected chi connectivity index (χ3v) is 10.8. The molecule has 2 bridgehead atoms. The number of amides is 1. The molecule has 3 aliphatic carbocycles. The van der Waals surface area contributed by atoms with E-state index >= 15 is 0 Å². The Labute approximate surface area is 205 Å². The highest BCUT2D eigenvalue weighted by Crippen LogP contribution is 2.55. The van der Waals surface area contributed by atoms with Crippen molar-refractivity contribution in [3.8, 4) is 5.75 Å². The average Bonchev–Trinajstić information content (AvgIpc) is 3.39. The van der Waals surface area contributed by atoms with Crippen LogP contribution in [0.5, 0.6) is 5.75 Å². The normalized spacial score (nSPS) is 33.3. The molecule has 2 aromatic heterocycles. The maximum Gasteiger partial charge on any atom is 0.246 e. The molecule has 2 aliphatic heterocycles. The Morgan fingerprint density at radius 1 is 1.26 bits per heavy atom. The molecule has 0 radical (unpaired) electrons. The first kappa shape index (κ1) is 22.7. The zero-order valence-electron chi connectivity index (χ0n) is 20.3. The van der Waals surface area contributed by atoms with Gasteiger partial charge in [0.2, 0.25) is 5.91 Å². The molecule has 4 heterocycles. The SMILES string of the molecule is CC1(C)C2C[C@@H]1CN(C1CCC(Oc3ccnc4sc5c(c34)[C@@H](C[C@H](O)C(N)=O)CC5)CC1)C2. The summed E-state index contributed by atoms with van der Waals surface area (Å²) in [6, 6.07) is 2.71. The van der Waals surface area contributed by atoms with Gasteiger partial charge in [0.15, 0.2) is 0 Å². The number of nitrogens with two attached hydrogens (primary N) is 1. The van der Waals surface area contributed by atoms with Crippen LogP contribution in [-0.4, -0.2) is 52.2 Å². The van der Waals surface area contributed by atoms with Crippen molar-refractivity contribution in [2.24, 2.45) is 23.0 Å². The molecule has 6 nitrogen and oxygen atoms in total. The van der Waals surface area contributed by atoms with Gasteiger partial charge in [-0.15, -0.1) is 11.3 Å². The van der Waals surface area contributed by atoms with Gasteiger partial charge in [0.25, 0.3) is 0 Å². The van der Waals surface area contributed by atoms with Crippen LogP contribution in [0.25, 0.3) is 10.2 Å². The van der Waals surface area contributed by atoms with E-state index in [4.69, 9.17) is 10.5 Å². The number of rotatable bonds is 6. The molecule has 2 saturated carbocycles. The molecule has 34 heavy (non-hydrogen) atoms. The van der Waals surface area contributed by atoms with Crippen molar-refractivity contribution < 1.29 is 14.6 Å². The lowest BCUT2D eigenvalue weighted by molar-refractivity contribution is -0.126. The number of hydrogen-bond acceptors (Lipinski definition) is 6. The minimum absolute atomic E-state index is 0.128. The van der Waals surface area contributed by atoms with Gasteiger partial charge in [-0.2, -0.15) is 0 Å². The second-order valence-corrected chi connectivity index (χ2v) is 12.9. The molecule has 4 fully saturated rings. The van der Waals surface area contributed by atoms with Gasteiger partial charge >= 0.3 is 0 Å². The quantitative estimate of drug-likeness (QED) is 0.642. The smallest absolute Gasteiger partial charge is 0.246 e. The van der Waals surface area contributed by atoms with Crippen LogP contribution in [-0.2, 0) is 11.2 Å². The van der Waals surface area contributed by atoms with Gasteiger partial charge in [0, 0.05) is 30.2 Å². The zero-order chi connectivity index (χ0) is 23.6. The number of carbonyl (C=O) groups excluding carboxylic acids is 1. The Kier molecular flexibility index (Phi) is 5.66. The number of primary amides is 1. The first-order valence-electron chi connectivity index (χ1n) is 13.1. The second kappa shape index (κ2) is 8.45. The van der Waals surface area contributed by atoms with Gasteiger partial charge in [-0.05, 0) is 86.2 Å². The van der Waals surface area contributed by atoms with Crippen LogP contribution in [0.15, 0.2) is 12.3 Å². The summed E-state index contributed by atoms with van der Waals surface area (Å²) < 4.78 is 6.65. The van der Waals surface area contributed by atoms with Gasteiger partial charge in [-0.25, -0.2) is 4.98 Å². The number of hydrogen-bond donors (Lipinski definition) is 2. The van der Waals surface area contributed by atoms with Crippen molar-refractivity contribution in [2.75, 3.05) is 13.1 Å². The lowest BCUT2D eigenvalue weighted by Gasteiger charge is -2.61. The molecule has 2 aromatic rings. The third kappa shape index (κ3) is 3.75. The lowest BCUT2D eigenvalue weighted by Crippen LogP contribution is -2.62. The number of aliphatic hydroxyl groups excluding tert-OH is 1. The summed E-state index contributed by atoms with van der Waals surface area (Å²) in [5.74, 6) is 2.17. The fourth-order valence-electron chi connectivity index (χ4n) is 7.24. The van der Waals surface area contributed by atoms with Crippen LogP contribution in [0.2, 0.25) is 0 Å². The Morgan fingerprint density at radius 3 is 2.68 bits per heavy atom. The van der Waals surface area contributed by atoms with Crippen molar-refractivity contribution in [3.05, 3.63) is 22.7 Å². The second-order valence-electron chi connectivity index (χ2n) is 11.8. The van der Waals surface area contributed by atoms with E-state index in [1.165, 1.54) is 42.8 Å². The number of thiophene rings is 1. The van der Waals surface area contributed by atoms with Gasteiger partial charge in [-0.3, -0.25) is 9.69 Å².